The van der Waals surface area contributed by atoms with E-state index < -0.39 is 0 Å². The van der Waals surface area contributed by atoms with E-state index >= 15 is 0 Å². The lowest BCUT2D eigenvalue weighted by Crippen LogP contribution is -2.11. The minimum absolute atomic E-state index is 0.0611. The van der Waals surface area contributed by atoms with E-state index in [-0.39, 0.29) is 11.7 Å². The van der Waals surface area contributed by atoms with Crippen LogP contribution >= 0.6 is 23.4 Å². The Morgan fingerprint density at radius 1 is 1.09 bits per heavy atom. The standard InChI is InChI=1S/C18H20ClNO2S/c19-14-7-6-8-15(13-14)23-12-5-1-2-11-18(22)20-16-9-3-4-10-17(16)21/h3-4,6-10,13,21H,1-2,5,11-12H2,(H,20,22). The number of phenols is 1. The van der Waals surface area contributed by atoms with Gasteiger partial charge in [-0.2, -0.15) is 0 Å². The Kier molecular flexibility index (Phi) is 7.30. The Morgan fingerprint density at radius 2 is 1.91 bits per heavy atom. The van der Waals surface area contributed by atoms with Crippen molar-refractivity contribution in [3.63, 3.8) is 0 Å². The first kappa shape index (κ1) is 17.7. The van der Waals surface area contributed by atoms with Gasteiger partial charge in [-0.3, -0.25) is 4.79 Å². The van der Waals surface area contributed by atoms with Crippen LogP contribution in [0.2, 0.25) is 5.02 Å². The number of amides is 1. The minimum Gasteiger partial charge on any atom is -0.506 e. The van der Waals surface area contributed by atoms with Gasteiger partial charge in [0.1, 0.15) is 5.75 Å². The summed E-state index contributed by atoms with van der Waals surface area (Å²) in [5.41, 5.74) is 0.467. The number of rotatable bonds is 8. The smallest absolute Gasteiger partial charge is 0.224 e. The number of nitrogens with one attached hydrogen (secondary N) is 1. The van der Waals surface area contributed by atoms with E-state index in [9.17, 15) is 9.90 Å². The van der Waals surface area contributed by atoms with Crippen molar-refractivity contribution in [2.75, 3.05) is 11.1 Å². The molecule has 0 bridgehead atoms. The number of anilines is 1. The number of para-hydroxylation sites is 2. The summed E-state index contributed by atoms with van der Waals surface area (Å²) in [4.78, 5) is 13.0. The molecule has 0 radical (unpaired) electrons. The predicted molar refractivity (Wildman–Crippen MR) is 97.4 cm³/mol. The molecule has 0 aliphatic heterocycles. The summed E-state index contributed by atoms with van der Waals surface area (Å²) in [5, 5.41) is 13.1. The molecular weight excluding hydrogens is 330 g/mol. The normalized spacial score (nSPS) is 10.5. The maximum absolute atomic E-state index is 11.8. The number of benzene rings is 2. The van der Waals surface area contributed by atoms with Gasteiger partial charge in [-0.05, 0) is 48.9 Å². The van der Waals surface area contributed by atoms with Gasteiger partial charge in [-0.15, -0.1) is 11.8 Å². The Bertz CT molecular complexity index is 648. The van der Waals surface area contributed by atoms with Crippen LogP contribution in [-0.2, 0) is 4.79 Å². The van der Waals surface area contributed by atoms with Crippen LogP contribution in [0.5, 0.6) is 5.75 Å². The van der Waals surface area contributed by atoms with Gasteiger partial charge in [0, 0.05) is 16.3 Å². The second kappa shape index (κ2) is 9.48. The summed E-state index contributed by atoms with van der Waals surface area (Å²) >= 11 is 7.72. The molecule has 2 rings (SSSR count). The molecule has 0 unspecified atom stereocenters. The molecular formula is C18H20ClNO2S. The molecule has 0 fully saturated rings. The third kappa shape index (κ3) is 6.55. The molecule has 122 valence electrons. The Balaban J connectivity index is 1.58. The number of halogens is 1. The summed E-state index contributed by atoms with van der Waals surface area (Å²) in [6, 6.07) is 14.6. The second-order valence-corrected chi connectivity index (χ2v) is 6.79. The molecule has 0 saturated heterocycles. The maximum Gasteiger partial charge on any atom is 0.224 e. The van der Waals surface area contributed by atoms with Crippen molar-refractivity contribution < 1.29 is 9.90 Å². The van der Waals surface area contributed by atoms with Gasteiger partial charge >= 0.3 is 0 Å². The number of carbonyl (C=O) groups excluding carboxylic acids is 1. The summed E-state index contributed by atoms with van der Waals surface area (Å²) in [7, 11) is 0. The first-order chi connectivity index (χ1) is 11.1. The SMILES string of the molecule is O=C(CCCCCSc1cccc(Cl)c1)Nc1ccccc1O. The van der Waals surface area contributed by atoms with E-state index in [1.807, 2.05) is 18.2 Å². The first-order valence-corrected chi connectivity index (χ1v) is 8.98. The van der Waals surface area contributed by atoms with Crippen LogP contribution in [0, 0.1) is 0 Å². The molecule has 0 aromatic heterocycles. The van der Waals surface area contributed by atoms with Crippen LogP contribution in [0.25, 0.3) is 0 Å². The predicted octanol–water partition coefficient (Wildman–Crippen LogP) is 5.34. The van der Waals surface area contributed by atoms with Gasteiger partial charge in [0.05, 0.1) is 5.69 Å². The number of aromatic hydroxyl groups is 1. The Morgan fingerprint density at radius 3 is 2.70 bits per heavy atom. The summed E-state index contributed by atoms with van der Waals surface area (Å²) in [6.07, 6.45) is 3.37. The highest BCUT2D eigenvalue weighted by Crippen LogP contribution is 2.23. The van der Waals surface area contributed by atoms with Crippen LogP contribution in [0.4, 0.5) is 5.69 Å². The van der Waals surface area contributed by atoms with Gasteiger partial charge in [0.25, 0.3) is 0 Å². The van der Waals surface area contributed by atoms with Gasteiger partial charge in [-0.25, -0.2) is 0 Å². The van der Waals surface area contributed by atoms with E-state index in [4.69, 9.17) is 11.6 Å². The Hall–Kier alpha value is -1.65. The topological polar surface area (TPSA) is 49.3 Å². The third-order valence-corrected chi connectivity index (χ3v) is 4.61. The Labute approximate surface area is 146 Å². The monoisotopic (exact) mass is 349 g/mol. The number of thioether (sulfide) groups is 1. The molecule has 0 heterocycles. The quantitative estimate of drug-likeness (QED) is 0.384. The molecule has 0 saturated carbocycles. The molecule has 0 atom stereocenters. The second-order valence-electron chi connectivity index (χ2n) is 5.18. The lowest BCUT2D eigenvalue weighted by molar-refractivity contribution is -0.116. The molecule has 23 heavy (non-hydrogen) atoms. The van der Waals surface area contributed by atoms with Crippen LogP contribution < -0.4 is 5.32 Å². The van der Waals surface area contributed by atoms with E-state index in [0.29, 0.717) is 12.1 Å². The number of phenolic OH excluding ortho intramolecular Hbond substituents is 1. The van der Waals surface area contributed by atoms with Crippen molar-refractivity contribution in [2.45, 2.75) is 30.6 Å². The van der Waals surface area contributed by atoms with Crippen molar-refractivity contribution in [1.82, 2.24) is 0 Å². The molecule has 0 aliphatic carbocycles. The first-order valence-electron chi connectivity index (χ1n) is 7.61. The molecule has 3 nitrogen and oxygen atoms in total. The van der Waals surface area contributed by atoms with Crippen molar-refractivity contribution in [2.24, 2.45) is 0 Å². The van der Waals surface area contributed by atoms with Gasteiger partial charge in [-0.1, -0.05) is 36.2 Å². The van der Waals surface area contributed by atoms with E-state index in [1.165, 1.54) is 4.90 Å². The zero-order chi connectivity index (χ0) is 16.5. The third-order valence-electron chi connectivity index (χ3n) is 3.29. The molecule has 5 heteroatoms. The number of unbranched alkanes of at least 4 members (excludes halogenated alkanes) is 2. The molecule has 1 amide bonds. The van der Waals surface area contributed by atoms with E-state index in [0.717, 1.165) is 30.0 Å². The molecule has 2 aromatic carbocycles. The lowest BCUT2D eigenvalue weighted by Gasteiger charge is -2.07. The van der Waals surface area contributed by atoms with Crippen molar-refractivity contribution in [3.05, 3.63) is 53.6 Å². The van der Waals surface area contributed by atoms with Gasteiger partial charge < -0.3 is 10.4 Å². The van der Waals surface area contributed by atoms with Gasteiger partial charge in [0.15, 0.2) is 0 Å². The highest BCUT2D eigenvalue weighted by Gasteiger charge is 2.05. The average molecular weight is 350 g/mol. The molecule has 0 spiro atoms. The zero-order valence-electron chi connectivity index (χ0n) is 12.8. The van der Waals surface area contributed by atoms with E-state index in [1.54, 1.807) is 36.0 Å². The van der Waals surface area contributed by atoms with Crippen molar-refractivity contribution in [3.8, 4) is 5.75 Å². The zero-order valence-corrected chi connectivity index (χ0v) is 14.4. The molecule has 2 aromatic rings. The lowest BCUT2D eigenvalue weighted by atomic mass is 10.2. The molecule has 2 N–H and O–H groups in total. The van der Waals surface area contributed by atoms with Crippen LogP contribution in [0.15, 0.2) is 53.4 Å². The number of hydrogen-bond donors (Lipinski definition) is 2. The average Bonchev–Trinajstić information content (AvgIpc) is 2.53. The fourth-order valence-electron chi connectivity index (χ4n) is 2.10. The minimum atomic E-state index is -0.0611. The summed E-state index contributed by atoms with van der Waals surface area (Å²) in [6.45, 7) is 0. The van der Waals surface area contributed by atoms with Crippen molar-refractivity contribution in [1.29, 1.82) is 0 Å². The highest BCUT2D eigenvalue weighted by molar-refractivity contribution is 7.99. The number of carbonyl (C=O) groups is 1. The van der Waals surface area contributed by atoms with Crippen LogP contribution in [-0.4, -0.2) is 16.8 Å². The maximum atomic E-state index is 11.8. The molecule has 0 aliphatic rings. The fraction of sp³-hybridized carbons (Fsp3) is 0.278. The largest absolute Gasteiger partial charge is 0.506 e. The summed E-state index contributed by atoms with van der Waals surface area (Å²) < 4.78 is 0. The number of hydrogen-bond acceptors (Lipinski definition) is 3. The fourth-order valence-corrected chi connectivity index (χ4v) is 3.33. The van der Waals surface area contributed by atoms with Gasteiger partial charge in [0.2, 0.25) is 5.91 Å². The van der Waals surface area contributed by atoms with Crippen LogP contribution in [0.1, 0.15) is 25.7 Å². The van der Waals surface area contributed by atoms with E-state index in [2.05, 4.69) is 11.4 Å². The summed E-state index contributed by atoms with van der Waals surface area (Å²) in [5.74, 6) is 1.05. The van der Waals surface area contributed by atoms with Crippen LogP contribution in [0.3, 0.4) is 0 Å². The highest BCUT2D eigenvalue weighted by atomic mass is 35.5. The van der Waals surface area contributed by atoms with Crippen molar-refractivity contribution >= 4 is 35.0 Å².